The largest absolute Gasteiger partial charge is 0.379 e. The van der Waals surface area contributed by atoms with Gasteiger partial charge in [-0.3, -0.25) is 4.68 Å². The molecule has 0 unspecified atom stereocenters. The Bertz CT molecular complexity index is 569. The Morgan fingerprint density at radius 1 is 1.53 bits per heavy atom. The summed E-state index contributed by atoms with van der Waals surface area (Å²) < 4.78 is 1.69. The number of benzene rings is 1. The summed E-state index contributed by atoms with van der Waals surface area (Å²) in [5.41, 5.74) is 2.26. The fraction of sp³-hybridized carbons (Fsp3) is 0.182. The highest BCUT2D eigenvalue weighted by molar-refractivity contribution is 6.31. The van der Waals surface area contributed by atoms with Gasteiger partial charge in [0.05, 0.1) is 29.0 Å². The molecule has 6 heteroatoms. The van der Waals surface area contributed by atoms with Crippen molar-refractivity contribution in [1.82, 2.24) is 15.0 Å². The van der Waals surface area contributed by atoms with Gasteiger partial charge in [-0.1, -0.05) is 16.8 Å². The summed E-state index contributed by atoms with van der Waals surface area (Å²) in [5, 5.41) is 20.1. The quantitative estimate of drug-likeness (QED) is 0.900. The van der Waals surface area contributed by atoms with Crippen LogP contribution in [0.5, 0.6) is 0 Å². The summed E-state index contributed by atoms with van der Waals surface area (Å²) >= 11 is 5.85. The van der Waals surface area contributed by atoms with Gasteiger partial charge in [0.1, 0.15) is 6.07 Å². The van der Waals surface area contributed by atoms with Crippen molar-refractivity contribution in [2.45, 2.75) is 6.54 Å². The van der Waals surface area contributed by atoms with E-state index in [1.54, 1.807) is 23.0 Å². The lowest BCUT2D eigenvalue weighted by molar-refractivity contribution is 0.683. The van der Waals surface area contributed by atoms with Crippen LogP contribution < -0.4 is 5.32 Å². The fourth-order valence-electron chi connectivity index (χ4n) is 1.38. The van der Waals surface area contributed by atoms with Crippen LogP contribution in [0.2, 0.25) is 5.02 Å². The second-order valence-electron chi connectivity index (χ2n) is 3.51. The average molecular weight is 248 g/mol. The number of anilines is 1. The maximum atomic E-state index is 8.85. The van der Waals surface area contributed by atoms with Crippen molar-refractivity contribution in [2.75, 3.05) is 5.32 Å². The van der Waals surface area contributed by atoms with Crippen LogP contribution in [0.15, 0.2) is 24.4 Å². The molecule has 0 aliphatic rings. The highest BCUT2D eigenvalue weighted by Crippen LogP contribution is 2.19. The Kier molecular flexibility index (Phi) is 3.26. The van der Waals surface area contributed by atoms with Crippen molar-refractivity contribution in [3.05, 3.63) is 40.7 Å². The summed E-state index contributed by atoms with van der Waals surface area (Å²) in [4.78, 5) is 0. The number of halogens is 1. The molecule has 0 spiro atoms. The second-order valence-corrected chi connectivity index (χ2v) is 3.92. The highest BCUT2D eigenvalue weighted by atomic mass is 35.5. The number of aromatic nitrogens is 3. The number of nitriles is 1. The molecule has 0 atom stereocenters. The van der Waals surface area contributed by atoms with Gasteiger partial charge in [0, 0.05) is 12.7 Å². The Balaban J connectivity index is 2.10. The smallest absolute Gasteiger partial charge is 0.101 e. The molecule has 0 fully saturated rings. The van der Waals surface area contributed by atoms with E-state index in [0.29, 0.717) is 17.1 Å². The van der Waals surface area contributed by atoms with Crippen LogP contribution >= 0.6 is 11.6 Å². The van der Waals surface area contributed by atoms with Crippen molar-refractivity contribution >= 4 is 17.3 Å². The van der Waals surface area contributed by atoms with Crippen LogP contribution in [0.1, 0.15) is 11.3 Å². The summed E-state index contributed by atoms with van der Waals surface area (Å²) in [5.74, 6) is 0. The molecule has 17 heavy (non-hydrogen) atoms. The van der Waals surface area contributed by atoms with Crippen molar-refractivity contribution in [3.63, 3.8) is 0 Å². The lowest BCUT2D eigenvalue weighted by atomic mass is 10.2. The van der Waals surface area contributed by atoms with Crippen LogP contribution in [-0.2, 0) is 13.6 Å². The molecular formula is C11H10ClN5. The molecule has 1 heterocycles. The van der Waals surface area contributed by atoms with Gasteiger partial charge in [-0.05, 0) is 18.2 Å². The summed E-state index contributed by atoms with van der Waals surface area (Å²) in [7, 11) is 1.83. The number of hydrogen-bond donors (Lipinski definition) is 1. The van der Waals surface area contributed by atoms with Crippen LogP contribution in [0, 0.1) is 11.3 Å². The maximum absolute atomic E-state index is 8.85. The zero-order valence-corrected chi connectivity index (χ0v) is 9.94. The van der Waals surface area contributed by atoms with Crippen molar-refractivity contribution < 1.29 is 0 Å². The molecule has 2 rings (SSSR count). The second kappa shape index (κ2) is 4.85. The molecule has 1 aromatic carbocycles. The van der Waals surface area contributed by atoms with Gasteiger partial charge in [0.25, 0.3) is 0 Å². The van der Waals surface area contributed by atoms with E-state index in [0.717, 1.165) is 11.4 Å². The SMILES string of the molecule is Cn1nncc1CNc1ccc(Cl)c(C#N)c1. The molecule has 86 valence electrons. The van der Waals surface area contributed by atoms with Crippen LogP contribution in [0.25, 0.3) is 0 Å². The van der Waals surface area contributed by atoms with Gasteiger partial charge in [0.2, 0.25) is 0 Å². The molecule has 0 radical (unpaired) electrons. The minimum atomic E-state index is 0.458. The lowest BCUT2D eigenvalue weighted by Crippen LogP contribution is -2.05. The first-order chi connectivity index (χ1) is 8.20. The third kappa shape index (κ3) is 2.55. The van der Waals surface area contributed by atoms with E-state index < -0.39 is 0 Å². The zero-order valence-electron chi connectivity index (χ0n) is 9.18. The molecule has 0 saturated heterocycles. The van der Waals surface area contributed by atoms with Crippen LogP contribution in [0.4, 0.5) is 5.69 Å². The van der Waals surface area contributed by atoms with E-state index in [-0.39, 0.29) is 0 Å². The molecule has 2 aromatic rings. The first kappa shape index (κ1) is 11.4. The van der Waals surface area contributed by atoms with Gasteiger partial charge < -0.3 is 5.32 Å². The van der Waals surface area contributed by atoms with Gasteiger partial charge in [-0.25, -0.2) is 0 Å². The average Bonchev–Trinajstić information content (AvgIpc) is 2.74. The number of rotatable bonds is 3. The molecule has 0 saturated carbocycles. The van der Waals surface area contributed by atoms with E-state index in [4.69, 9.17) is 16.9 Å². The van der Waals surface area contributed by atoms with E-state index in [1.807, 2.05) is 19.2 Å². The standard InChI is InChI=1S/C11H10ClN5/c1-17-10(7-15-16-17)6-14-9-2-3-11(12)8(4-9)5-13/h2-4,7,14H,6H2,1H3. The number of hydrogen-bond acceptors (Lipinski definition) is 4. The van der Waals surface area contributed by atoms with E-state index in [1.165, 1.54) is 0 Å². The molecular weight excluding hydrogens is 238 g/mol. The van der Waals surface area contributed by atoms with Gasteiger partial charge in [-0.2, -0.15) is 5.26 Å². The molecule has 5 nitrogen and oxygen atoms in total. The lowest BCUT2D eigenvalue weighted by Gasteiger charge is -2.06. The molecule has 0 amide bonds. The molecule has 0 aliphatic heterocycles. The van der Waals surface area contributed by atoms with Crippen molar-refractivity contribution in [3.8, 4) is 6.07 Å². The monoisotopic (exact) mass is 247 g/mol. The van der Waals surface area contributed by atoms with E-state index in [2.05, 4.69) is 15.6 Å². The first-order valence-corrected chi connectivity index (χ1v) is 5.35. The molecule has 1 aromatic heterocycles. The minimum absolute atomic E-state index is 0.458. The van der Waals surface area contributed by atoms with E-state index in [9.17, 15) is 0 Å². The third-order valence-electron chi connectivity index (χ3n) is 2.37. The van der Waals surface area contributed by atoms with Gasteiger partial charge >= 0.3 is 0 Å². The minimum Gasteiger partial charge on any atom is -0.379 e. The topological polar surface area (TPSA) is 66.5 Å². The summed E-state index contributed by atoms with van der Waals surface area (Å²) in [6.07, 6.45) is 1.69. The fourth-order valence-corrected chi connectivity index (χ4v) is 1.54. The Morgan fingerprint density at radius 3 is 3.00 bits per heavy atom. The normalized spacial score (nSPS) is 9.94. The van der Waals surface area contributed by atoms with E-state index >= 15 is 0 Å². The number of nitrogens with zero attached hydrogens (tertiary/aromatic N) is 4. The van der Waals surface area contributed by atoms with Crippen LogP contribution in [-0.4, -0.2) is 15.0 Å². The Hall–Kier alpha value is -2.06. The maximum Gasteiger partial charge on any atom is 0.101 e. The number of nitrogens with one attached hydrogen (secondary N) is 1. The van der Waals surface area contributed by atoms with Crippen molar-refractivity contribution in [1.29, 1.82) is 5.26 Å². The summed E-state index contributed by atoms with van der Waals surface area (Å²) in [6.45, 7) is 0.593. The van der Waals surface area contributed by atoms with Crippen LogP contribution in [0.3, 0.4) is 0 Å². The Morgan fingerprint density at radius 2 is 2.35 bits per heavy atom. The van der Waals surface area contributed by atoms with Crippen molar-refractivity contribution in [2.24, 2.45) is 7.05 Å². The predicted molar refractivity (Wildman–Crippen MR) is 64.5 cm³/mol. The third-order valence-corrected chi connectivity index (χ3v) is 2.70. The van der Waals surface area contributed by atoms with Gasteiger partial charge in [-0.15, -0.1) is 5.10 Å². The molecule has 1 N–H and O–H groups in total. The Labute approximate surface area is 104 Å². The molecule has 0 aliphatic carbocycles. The summed E-state index contributed by atoms with van der Waals surface area (Å²) in [6, 6.07) is 7.28. The highest BCUT2D eigenvalue weighted by Gasteiger charge is 2.03. The predicted octanol–water partition coefficient (Wildman–Crippen LogP) is 1.95. The first-order valence-electron chi connectivity index (χ1n) is 4.98. The zero-order chi connectivity index (χ0) is 12.3. The van der Waals surface area contributed by atoms with Gasteiger partial charge in [0.15, 0.2) is 0 Å². The molecule has 0 bridgehead atoms. The number of aryl methyl sites for hydroxylation is 1.